The van der Waals surface area contributed by atoms with Crippen LogP contribution in [0.2, 0.25) is 0 Å². The van der Waals surface area contributed by atoms with Gasteiger partial charge in [0.15, 0.2) is 5.88 Å². The van der Waals surface area contributed by atoms with E-state index < -0.39 is 0 Å². The van der Waals surface area contributed by atoms with Crippen LogP contribution in [0.15, 0.2) is 12.3 Å². The van der Waals surface area contributed by atoms with E-state index in [2.05, 4.69) is 0 Å². The lowest BCUT2D eigenvalue weighted by Gasteiger charge is -2.03. The van der Waals surface area contributed by atoms with E-state index in [9.17, 15) is 0 Å². The maximum absolute atomic E-state index is 5.15. The van der Waals surface area contributed by atoms with Crippen LogP contribution in [-0.2, 0) is 18.4 Å². The van der Waals surface area contributed by atoms with Crippen LogP contribution in [-0.4, -0.2) is 18.8 Å². The van der Waals surface area contributed by atoms with Crippen molar-refractivity contribution in [3.63, 3.8) is 0 Å². The molecule has 0 aliphatic rings. The fourth-order valence-electron chi connectivity index (χ4n) is 1.11. The predicted molar refractivity (Wildman–Crippen MR) is 42.7 cm³/mol. The van der Waals surface area contributed by atoms with Crippen LogP contribution in [0.25, 0.3) is 0 Å². The average Bonchev–Trinajstić information content (AvgIpc) is 2.33. The zero-order valence-corrected chi connectivity index (χ0v) is 7.13. The number of methoxy groups -OCH3 is 2. The predicted octanol–water partition coefficient (Wildman–Crippen LogP) is 1.18. The number of aryl methyl sites for hydroxylation is 1. The van der Waals surface area contributed by atoms with E-state index in [4.69, 9.17) is 9.47 Å². The van der Waals surface area contributed by atoms with Gasteiger partial charge >= 0.3 is 0 Å². The molecule has 0 aromatic carbocycles. The normalized spacial score (nSPS) is 10.1. The first kappa shape index (κ1) is 8.14. The van der Waals surface area contributed by atoms with E-state index >= 15 is 0 Å². The summed E-state index contributed by atoms with van der Waals surface area (Å²) in [5.41, 5.74) is 1.08. The number of rotatable bonds is 3. The van der Waals surface area contributed by atoms with Crippen molar-refractivity contribution in [1.29, 1.82) is 0 Å². The summed E-state index contributed by atoms with van der Waals surface area (Å²) in [6.07, 6.45) is 1.95. The van der Waals surface area contributed by atoms with E-state index in [-0.39, 0.29) is 0 Å². The molecular weight excluding hydrogens is 142 g/mol. The van der Waals surface area contributed by atoms with Crippen molar-refractivity contribution in [2.24, 2.45) is 7.05 Å². The van der Waals surface area contributed by atoms with Crippen LogP contribution in [0.5, 0.6) is 5.88 Å². The molecule has 0 saturated heterocycles. The highest BCUT2D eigenvalue weighted by Crippen LogP contribution is 2.18. The highest BCUT2D eigenvalue weighted by atomic mass is 16.5. The Morgan fingerprint density at radius 2 is 2.18 bits per heavy atom. The fourth-order valence-corrected chi connectivity index (χ4v) is 1.11. The molecule has 1 heterocycles. The molecule has 0 bridgehead atoms. The van der Waals surface area contributed by atoms with Crippen molar-refractivity contribution in [3.05, 3.63) is 17.8 Å². The second-order valence-corrected chi connectivity index (χ2v) is 2.39. The first-order chi connectivity index (χ1) is 5.29. The molecule has 3 heteroatoms. The van der Waals surface area contributed by atoms with Crippen LogP contribution < -0.4 is 4.74 Å². The smallest absolute Gasteiger partial charge is 0.198 e. The molecule has 0 spiro atoms. The summed E-state index contributed by atoms with van der Waals surface area (Å²) in [5, 5.41) is 0. The van der Waals surface area contributed by atoms with Gasteiger partial charge in [0.25, 0.3) is 0 Å². The highest BCUT2D eigenvalue weighted by molar-refractivity contribution is 5.27. The van der Waals surface area contributed by atoms with E-state index in [1.807, 2.05) is 23.9 Å². The number of hydrogen-bond donors (Lipinski definition) is 0. The van der Waals surface area contributed by atoms with Crippen LogP contribution >= 0.6 is 0 Å². The molecule has 3 nitrogen and oxygen atoms in total. The van der Waals surface area contributed by atoms with E-state index in [1.165, 1.54) is 0 Å². The van der Waals surface area contributed by atoms with Crippen LogP contribution in [0.1, 0.15) is 5.56 Å². The lowest BCUT2D eigenvalue weighted by atomic mass is 10.3. The second kappa shape index (κ2) is 3.44. The van der Waals surface area contributed by atoms with E-state index in [0.29, 0.717) is 6.61 Å². The summed E-state index contributed by atoms with van der Waals surface area (Å²) >= 11 is 0. The Kier molecular flexibility index (Phi) is 2.54. The molecule has 11 heavy (non-hydrogen) atoms. The quantitative estimate of drug-likeness (QED) is 0.654. The monoisotopic (exact) mass is 155 g/mol. The maximum Gasteiger partial charge on any atom is 0.198 e. The molecule has 0 aliphatic carbocycles. The lowest BCUT2D eigenvalue weighted by molar-refractivity contribution is 0.181. The number of nitrogens with zero attached hydrogens (tertiary/aromatic N) is 1. The van der Waals surface area contributed by atoms with E-state index in [0.717, 1.165) is 11.4 Å². The third kappa shape index (κ3) is 1.54. The summed E-state index contributed by atoms with van der Waals surface area (Å²) < 4.78 is 12.1. The molecule has 0 aliphatic heterocycles. The summed E-state index contributed by atoms with van der Waals surface area (Å²) in [6, 6.07) is 1.99. The molecule has 1 aromatic rings. The Hall–Kier alpha value is -0.960. The van der Waals surface area contributed by atoms with Crippen molar-refractivity contribution >= 4 is 0 Å². The summed E-state index contributed by atoms with van der Waals surface area (Å²) in [6.45, 7) is 0.601. The number of hydrogen-bond acceptors (Lipinski definition) is 2. The topological polar surface area (TPSA) is 23.4 Å². The Labute approximate surface area is 66.5 Å². The van der Waals surface area contributed by atoms with Gasteiger partial charge in [0.1, 0.15) is 0 Å². The number of aromatic nitrogens is 1. The second-order valence-electron chi connectivity index (χ2n) is 2.39. The molecule has 0 radical (unpaired) electrons. The van der Waals surface area contributed by atoms with Crippen LogP contribution in [0.4, 0.5) is 0 Å². The Morgan fingerprint density at radius 1 is 1.45 bits per heavy atom. The molecule has 0 unspecified atom stereocenters. The fraction of sp³-hybridized carbons (Fsp3) is 0.500. The SMILES string of the molecule is COCc1ccn(C)c1OC. The Bertz CT molecular complexity index is 230. The van der Waals surface area contributed by atoms with Gasteiger partial charge in [0.05, 0.1) is 13.7 Å². The largest absolute Gasteiger partial charge is 0.482 e. The molecule has 62 valence electrons. The van der Waals surface area contributed by atoms with Gasteiger partial charge in [-0.05, 0) is 6.07 Å². The van der Waals surface area contributed by atoms with Gasteiger partial charge in [-0.15, -0.1) is 0 Å². The Balaban J connectivity index is 2.86. The first-order valence-corrected chi connectivity index (χ1v) is 3.46. The molecular formula is C8H13NO2. The average molecular weight is 155 g/mol. The van der Waals surface area contributed by atoms with Crippen molar-refractivity contribution in [2.75, 3.05) is 14.2 Å². The lowest BCUT2D eigenvalue weighted by Crippen LogP contribution is -1.95. The van der Waals surface area contributed by atoms with Crippen molar-refractivity contribution < 1.29 is 9.47 Å². The van der Waals surface area contributed by atoms with Crippen molar-refractivity contribution in [2.45, 2.75) is 6.61 Å². The molecule has 0 atom stereocenters. The van der Waals surface area contributed by atoms with Gasteiger partial charge in [0.2, 0.25) is 0 Å². The van der Waals surface area contributed by atoms with Crippen LogP contribution in [0, 0.1) is 0 Å². The van der Waals surface area contributed by atoms with Crippen LogP contribution in [0.3, 0.4) is 0 Å². The molecule has 1 rings (SSSR count). The zero-order chi connectivity index (χ0) is 8.27. The summed E-state index contributed by atoms with van der Waals surface area (Å²) in [7, 11) is 5.28. The van der Waals surface area contributed by atoms with Gasteiger partial charge < -0.3 is 14.0 Å². The standard InChI is InChI=1S/C8H13NO2/c1-9-5-4-7(6-10-2)8(9)11-3/h4-5H,6H2,1-3H3. The highest BCUT2D eigenvalue weighted by Gasteiger charge is 2.05. The van der Waals surface area contributed by atoms with Gasteiger partial charge in [-0.3, -0.25) is 0 Å². The van der Waals surface area contributed by atoms with Gasteiger partial charge in [-0.2, -0.15) is 0 Å². The maximum atomic E-state index is 5.15. The molecule has 1 aromatic heterocycles. The molecule has 0 saturated carbocycles. The zero-order valence-electron chi connectivity index (χ0n) is 7.13. The minimum Gasteiger partial charge on any atom is -0.482 e. The van der Waals surface area contributed by atoms with Gasteiger partial charge in [-0.25, -0.2) is 0 Å². The third-order valence-corrected chi connectivity index (χ3v) is 1.59. The summed E-state index contributed by atoms with van der Waals surface area (Å²) in [5.74, 6) is 0.867. The Morgan fingerprint density at radius 3 is 2.73 bits per heavy atom. The molecule has 0 fully saturated rings. The van der Waals surface area contributed by atoms with E-state index in [1.54, 1.807) is 14.2 Å². The van der Waals surface area contributed by atoms with Crippen molar-refractivity contribution in [1.82, 2.24) is 4.57 Å². The summed E-state index contributed by atoms with van der Waals surface area (Å²) in [4.78, 5) is 0. The molecule has 0 N–H and O–H groups in total. The van der Waals surface area contributed by atoms with Gasteiger partial charge in [0, 0.05) is 25.9 Å². The molecule has 0 amide bonds. The van der Waals surface area contributed by atoms with Gasteiger partial charge in [-0.1, -0.05) is 0 Å². The third-order valence-electron chi connectivity index (χ3n) is 1.59. The minimum absolute atomic E-state index is 0.601. The number of ether oxygens (including phenoxy) is 2. The van der Waals surface area contributed by atoms with Crippen molar-refractivity contribution in [3.8, 4) is 5.88 Å². The minimum atomic E-state index is 0.601. The first-order valence-electron chi connectivity index (χ1n) is 3.46.